The van der Waals surface area contributed by atoms with E-state index in [1.807, 2.05) is 6.92 Å². The Bertz CT molecular complexity index is 711. The van der Waals surface area contributed by atoms with Crippen LogP contribution in [0, 0.1) is 20.8 Å². The molecule has 0 aliphatic rings. The Morgan fingerprint density at radius 1 is 1.20 bits per heavy atom. The highest BCUT2D eigenvalue weighted by Gasteiger charge is 2.12. The molecule has 0 atom stereocenters. The lowest BCUT2D eigenvalue weighted by atomic mass is 10.2. The van der Waals surface area contributed by atoms with Crippen molar-refractivity contribution in [3.8, 4) is 0 Å². The van der Waals surface area contributed by atoms with Crippen molar-refractivity contribution >= 4 is 16.2 Å². The monoisotopic (exact) mass is 293 g/mol. The second kappa shape index (κ2) is 5.46. The van der Waals surface area contributed by atoms with Gasteiger partial charge in [-0.3, -0.25) is 0 Å². The number of rotatable bonds is 4. The van der Waals surface area contributed by atoms with Crippen molar-refractivity contribution in [2.75, 3.05) is 0 Å². The van der Waals surface area contributed by atoms with Crippen LogP contribution >= 0.6 is 0 Å². The summed E-state index contributed by atoms with van der Waals surface area (Å²) >= 11 is 0. The van der Waals surface area contributed by atoms with Crippen LogP contribution in [-0.4, -0.2) is 19.8 Å². The highest BCUT2D eigenvalue weighted by molar-refractivity contribution is 7.89. The molecule has 0 amide bonds. The van der Waals surface area contributed by atoms with E-state index in [9.17, 15) is 8.42 Å². The minimum atomic E-state index is -3.65. The fraction of sp³-hybridized carbons (Fsp3) is 0.231. The second-order valence-electron chi connectivity index (χ2n) is 4.40. The lowest BCUT2D eigenvalue weighted by Crippen LogP contribution is -2.18. The zero-order valence-electron chi connectivity index (χ0n) is 11.4. The molecule has 1 aromatic heterocycles. The van der Waals surface area contributed by atoms with Crippen LogP contribution < -0.4 is 4.83 Å². The summed E-state index contributed by atoms with van der Waals surface area (Å²) in [5.41, 5.74) is 2.31. The molecule has 0 aliphatic heterocycles. The van der Waals surface area contributed by atoms with Crippen molar-refractivity contribution in [1.29, 1.82) is 0 Å². The summed E-state index contributed by atoms with van der Waals surface area (Å²) in [5, 5.41) is 7.50. The van der Waals surface area contributed by atoms with Gasteiger partial charge in [0.15, 0.2) is 0 Å². The first-order valence-corrected chi connectivity index (χ1v) is 7.43. The predicted molar refractivity (Wildman–Crippen MR) is 75.1 cm³/mol. The molecule has 0 saturated heterocycles. The first kappa shape index (κ1) is 14.3. The number of hydrogen-bond donors (Lipinski definition) is 1. The molecular weight excluding hydrogens is 278 g/mol. The molecule has 0 fully saturated rings. The molecule has 0 spiro atoms. The Kier molecular flexibility index (Phi) is 3.89. The molecule has 20 heavy (non-hydrogen) atoms. The van der Waals surface area contributed by atoms with Gasteiger partial charge in [-0.2, -0.15) is 13.5 Å². The van der Waals surface area contributed by atoms with Crippen LogP contribution in [0.2, 0.25) is 0 Å². The second-order valence-corrected chi connectivity index (χ2v) is 6.06. The smallest absolute Gasteiger partial charge is 0.276 e. The number of benzene rings is 1. The zero-order chi connectivity index (χ0) is 14.8. The van der Waals surface area contributed by atoms with Gasteiger partial charge in [0.05, 0.1) is 22.4 Å². The van der Waals surface area contributed by atoms with E-state index in [4.69, 9.17) is 4.52 Å². The average molecular weight is 293 g/mol. The van der Waals surface area contributed by atoms with Crippen molar-refractivity contribution in [2.45, 2.75) is 25.7 Å². The maximum Gasteiger partial charge on any atom is 0.276 e. The number of hydrogen-bond acceptors (Lipinski definition) is 5. The fourth-order valence-corrected chi connectivity index (χ4v) is 2.40. The Balaban J connectivity index is 2.16. The van der Waals surface area contributed by atoms with Gasteiger partial charge in [-0.25, -0.2) is 4.83 Å². The van der Waals surface area contributed by atoms with Crippen molar-refractivity contribution < 1.29 is 12.9 Å². The molecule has 6 nitrogen and oxygen atoms in total. The first-order chi connectivity index (χ1) is 9.40. The van der Waals surface area contributed by atoms with Crippen LogP contribution in [0.15, 0.2) is 38.8 Å². The number of sulfonamides is 1. The molecule has 2 rings (SSSR count). The summed E-state index contributed by atoms with van der Waals surface area (Å²) in [4.78, 5) is 2.33. The molecule has 1 aromatic carbocycles. The summed E-state index contributed by atoms with van der Waals surface area (Å²) < 4.78 is 28.9. The van der Waals surface area contributed by atoms with Crippen molar-refractivity contribution in [1.82, 2.24) is 9.99 Å². The van der Waals surface area contributed by atoms with Crippen molar-refractivity contribution in [2.24, 2.45) is 5.10 Å². The van der Waals surface area contributed by atoms with Crippen LogP contribution in [0.3, 0.4) is 0 Å². The van der Waals surface area contributed by atoms with Crippen LogP contribution in [0.5, 0.6) is 0 Å². The molecule has 1 N–H and O–H groups in total. The highest BCUT2D eigenvalue weighted by atomic mass is 32.2. The summed E-state index contributed by atoms with van der Waals surface area (Å²) in [6, 6.07) is 6.52. The van der Waals surface area contributed by atoms with Gasteiger partial charge >= 0.3 is 0 Å². The third-order valence-corrected chi connectivity index (χ3v) is 4.02. The van der Waals surface area contributed by atoms with Crippen LogP contribution in [0.4, 0.5) is 0 Å². The Hall–Kier alpha value is -2.15. The normalized spacial score (nSPS) is 11.9. The third-order valence-electron chi connectivity index (χ3n) is 2.79. The van der Waals surface area contributed by atoms with E-state index in [-0.39, 0.29) is 4.90 Å². The van der Waals surface area contributed by atoms with Gasteiger partial charge in [0, 0.05) is 0 Å². The van der Waals surface area contributed by atoms with Crippen LogP contribution in [0.1, 0.15) is 22.6 Å². The Morgan fingerprint density at radius 2 is 1.85 bits per heavy atom. The van der Waals surface area contributed by atoms with E-state index in [0.29, 0.717) is 17.0 Å². The molecule has 0 saturated carbocycles. The van der Waals surface area contributed by atoms with Gasteiger partial charge in [0.2, 0.25) is 0 Å². The summed E-state index contributed by atoms with van der Waals surface area (Å²) in [6.45, 7) is 5.38. The standard InChI is InChI=1S/C13H15N3O3S/c1-9-4-6-12(7-5-9)20(17,18)16-14-8-13-10(2)15-19-11(13)3/h4-8,16H,1-3H3/b14-8-. The van der Waals surface area contributed by atoms with Gasteiger partial charge in [-0.1, -0.05) is 22.9 Å². The van der Waals surface area contributed by atoms with E-state index in [1.54, 1.807) is 26.0 Å². The fourth-order valence-electron chi connectivity index (χ4n) is 1.60. The Labute approximate surface area is 117 Å². The SMILES string of the molecule is Cc1ccc(S(=O)(=O)N/N=C\c2c(C)noc2C)cc1. The van der Waals surface area contributed by atoms with E-state index >= 15 is 0 Å². The molecular formula is C13H15N3O3S. The van der Waals surface area contributed by atoms with E-state index in [1.165, 1.54) is 18.3 Å². The van der Waals surface area contributed by atoms with E-state index in [2.05, 4.69) is 15.1 Å². The number of aryl methyl sites for hydroxylation is 3. The third kappa shape index (κ3) is 3.05. The first-order valence-electron chi connectivity index (χ1n) is 5.94. The molecule has 106 valence electrons. The molecule has 7 heteroatoms. The maximum absolute atomic E-state index is 12.0. The largest absolute Gasteiger partial charge is 0.361 e. The summed E-state index contributed by atoms with van der Waals surface area (Å²) in [5.74, 6) is 0.584. The van der Waals surface area contributed by atoms with Gasteiger partial charge < -0.3 is 4.52 Å². The van der Waals surface area contributed by atoms with Crippen molar-refractivity contribution in [3.63, 3.8) is 0 Å². The minimum Gasteiger partial charge on any atom is -0.361 e. The number of nitrogens with zero attached hydrogens (tertiary/aromatic N) is 2. The molecule has 0 radical (unpaired) electrons. The molecule has 0 aliphatic carbocycles. The molecule has 0 unspecified atom stereocenters. The van der Waals surface area contributed by atoms with E-state index in [0.717, 1.165) is 5.56 Å². The van der Waals surface area contributed by atoms with Crippen LogP contribution in [0.25, 0.3) is 0 Å². The lowest BCUT2D eigenvalue weighted by Gasteiger charge is -2.03. The number of nitrogens with one attached hydrogen (secondary N) is 1. The number of hydrazone groups is 1. The summed E-state index contributed by atoms with van der Waals surface area (Å²) in [7, 11) is -3.65. The molecule has 2 aromatic rings. The zero-order valence-corrected chi connectivity index (χ0v) is 12.2. The summed E-state index contributed by atoms with van der Waals surface area (Å²) in [6.07, 6.45) is 1.38. The topological polar surface area (TPSA) is 84.6 Å². The number of aromatic nitrogens is 1. The molecule has 1 heterocycles. The lowest BCUT2D eigenvalue weighted by molar-refractivity contribution is 0.393. The maximum atomic E-state index is 12.0. The Morgan fingerprint density at radius 3 is 2.40 bits per heavy atom. The van der Waals surface area contributed by atoms with Gasteiger partial charge in [0.1, 0.15) is 5.76 Å². The van der Waals surface area contributed by atoms with E-state index < -0.39 is 10.0 Å². The van der Waals surface area contributed by atoms with Gasteiger partial charge in [-0.15, -0.1) is 0 Å². The average Bonchev–Trinajstić information content (AvgIpc) is 2.71. The quantitative estimate of drug-likeness (QED) is 0.689. The molecule has 0 bridgehead atoms. The highest BCUT2D eigenvalue weighted by Crippen LogP contribution is 2.11. The van der Waals surface area contributed by atoms with Gasteiger partial charge in [-0.05, 0) is 32.9 Å². The minimum absolute atomic E-state index is 0.166. The predicted octanol–water partition coefficient (Wildman–Crippen LogP) is 1.91. The van der Waals surface area contributed by atoms with Crippen LogP contribution in [-0.2, 0) is 10.0 Å². The van der Waals surface area contributed by atoms with Crippen molar-refractivity contribution in [3.05, 3.63) is 46.8 Å². The van der Waals surface area contributed by atoms with Gasteiger partial charge in [0.25, 0.3) is 10.0 Å².